The summed E-state index contributed by atoms with van der Waals surface area (Å²) in [5.41, 5.74) is 2.57. The first kappa shape index (κ1) is 16.1. The molecule has 0 atom stereocenters. The van der Waals surface area contributed by atoms with Gasteiger partial charge >= 0.3 is 0 Å². The number of carbonyl (C=O) groups excluding carboxylic acids is 1. The minimum Gasteiger partial charge on any atom is -0.327 e. The van der Waals surface area contributed by atoms with Crippen molar-refractivity contribution in [2.75, 3.05) is 0 Å². The Balaban J connectivity index is 1.76. The third kappa shape index (κ3) is 3.58. The van der Waals surface area contributed by atoms with Crippen LogP contribution in [-0.4, -0.2) is 15.8 Å². The van der Waals surface area contributed by atoms with Gasteiger partial charge in [0.05, 0.1) is 17.6 Å². The lowest BCUT2D eigenvalue weighted by molar-refractivity contribution is 0.112. The topological polar surface area (TPSA) is 46.9 Å². The van der Waals surface area contributed by atoms with Crippen molar-refractivity contribution in [3.05, 3.63) is 58.9 Å². The number of imidazole rings is 1. The molecule has 6 heteroatoms. The van der Waals surface area contributed by atoms with Gasteiger partial charge in [0.25, 0.3) is 0 Å². The molecule has 118 valence electrons. The van der Waals surface area contributed by atoms with Gasteiger partial charge in [0.1, 0.15) is 12.1 Å². The van der Waals surface area contributed by atoms with Crippen molar-refractivity contribution in [2.45, 2.75) is 24.9 Å². The molecule has 23 heavy (non-hydrogen) atoms. The SMILES string of the molecule is CCn1c(CNSc2ccc(Cl)cc2)nc2ccc(C=O)cc21. The van der Waals surface area contributed by atoms with Gasteiger partial charge < -0.3 is 4.57 Å². The Labute approximate surface area is 144 Å². The molecule has 4 nitrogen and oxygen atoms in total. The first-order valence-electron chi connectivity index (χ1n) is 7.31. The number of aromatic nitrogens is 2. The standard InChI is InChI=1S/C17H16ClN3OS/c1-2-21-16-9-12(11-22)3-8-15(16)20-17(21)10-19-23-14-6-4-13(18)5-7-14/h3-9,11,19H,2,10H2,1H3. The normalized spacial score (nSPS) is 11.0. The third-order valence-corrected chi connectivity index (χ3v) is 4.59. The van der Waals surface area contributed by atoms with Crippen LogP contribution in [0, 0.1) is 0 Å². The molecule has 0 unspecified atom stereocenters. The van der Waals surface area contributed by atoms with Gasteiger partial charge in [-0.1, -0.05) is 11.6 Å². The number of carbonyl (C=O) groups is 1. The lowest BCUT2D eigenvalue weighted by Crippen LogP contribution is -2.10. The number of aldehydes is 1. The van der Waals surface area contributed by atoms with Crippen molar-refractivity contribution in [1.82, 2.24) is 14.3 Å². The molecule has 0 aliphatic heterocycles. The molecule has 0 saturated carbocycles. The van der Waals surface area contributed by atoms with Gasteiger partial charge in [-0.2, -0.15) is 0 Å². The second kappa shape index (κ2) is 7.17. The van der Waals surface area contributed by atoms with Crippen molar-refractivity contribution in [3.63, 3.8) is 0 Å². The molecular formula is C17H16ClN3OS. The predicted octanol–water partition coefficient (Wildman–Crippen LogP) is 4.32. The molecule has 2 aromatic carbocycles. The molecule has 0 aliphatic rings. The number of fused-ring (bicyclic) bond motifs is 1. The van der Waals surface area contributed by atoms with Gasteiger partial charge in [0.15, 0.2) is 0 Å². The molecule has 3 rings (SSSR count). The molecule has 1 N–H and O–H groups in total. The Morgan fingerprint density at radius 2 is 2.04 bits per heavy atom. The third-order valence-electron chi connectivity index (χ3n) is 3.54. The van der Waals surface area contributed by atoms with E-state index in [1.54, 1.807) is 18.0 Å². The summed E-state index contributed by atoms with van der Waals surface area (Å²) in [6.45, 7) is 3.51. The zero-order valence-corrected chi connectivity index (χ0v) is 14.2. The summed E-state index contributed by atoms with van der Waals surface area (Å²) in [5, 5.41) is 0.730. The summed E-state index contributed by atoms with van der Waals surface area (Å²) in [4.78, 5) is 16.7. The Morgan fingerprint density at radius 3 is 2.74 bits per heavy atom. The minimum atomic E-state index is 0.631. The number of hydrogen-bond acceptors (Lipinski definition) is 4. The maximum Gasteiger partial charge on any atom is 0.150 e. The van der Waals surface area contributed by atoms with Gasteiger partial charge in [0.2, 0.25) is 0 Å². The van der Waals surface area contributed by atoms with Crippen molar-refractivity contribution in [3.8, 4) is 0 Å². The van der Waals surface area contributed by atoms with Crippen molar-refractivity contribution < 1.29 is 4.79 Å². The molecule has 3 aromatic rings. The highest BCUT2D eigenvalue weighted by Gasteiger charge is 2.10. The van der Waals surface area contributed by atoms with Crippen LogP contribution in [0.4, 0.5) is 0 Å². The number of rotatable bonds is 6. The van der Waals surface area contributed by atoms with Gasteiger partial charge in [-0.3, -0.25) is 9.52 Å². The van der Waals surface area contributed by atoms with Crippen molar-refractivity contribution in [1.29, 1.82) is 0 Å². The fourth-order valence-electron chi connectivity index (χ4n) is 2.44. The molecule has 0 saturated heterocycles. The maximum absolute atomic E-state index is 11.0. The molecular weight excluding hydrogens is 330 g/mol. The fourth-order valence-corrected chi connectivity index (χ4v) is 3.20. The highest BCUT2D eigenvalue weighted by atomic mass is 35.5. The quantitative estimate of drug-likeness (QED) is 0.534. The van der Waals surface area contributed by atoms with E-state index in [2.05, 4.69) is 21.2 Å². The first-order valence-corrected chi connectivity index (χ1v) is 8.50. The minimum absolute atomic E-state index is 0.631. The Kier molecular flexibility index (Phi) is 5.00. The molecule has 0 amide bonds. The zero-order chi connectivity index (χ0) is 16.2. The monoisotopic (exact) mass is 345 g/mol. The van der Waals surface area contributed by atoms with Crippen molar-refractivity contribution >= 4 is 40.9 Å². The zero-order valence-electron chi connectivity index (χ0n) is 12.6. The number of aryl methyl sites for hydroxylation is 1. The fraction of sp³-hybridized carbons (Fsp3) is 0.176. The van der Waals surface area contributed by atoms with E-state index in [0.29, 0.717) is 12.1 Å². The number of nitrogens with one attached hydrogen (secondary N) is 1. The van der Waals surface area contributed by atoms with Crippen LogP contribution in [0.15, 0.2) is 47.4 Å². The van der Waals surface area contributed by atoms with Crippen LogP contribution in [-0.2, 0) is 13.1 Å². The second-order valence-electron chi connectivity index (χ2n) is 5.02. The van der Waals surface area contributed by atoms with Crippen LogP contribution < -0.4 is 4.72 Å². The molecule has 0 bridgehead atoms. The summed E-state index contributed by atoms with van der Waals surface area (Å²) >= 11 is 7.43. The van der Waals surface area contributed by atoms with Gasteiger partial charge in [-0.05, 0) is 61.3 Å². The van der Waals surface area contributed by atoms with E-state index >= 15 is 0 Å². The van der Waals surface area contributed by atoms with Gasteiger partial charge in [-0.15, -0.1) is 0 Å². The van der Waals surface area contributed by atoms with E-state index in [9.17, 15) is 4.79 Å². The molecule has 0 radical (unpaired) electrons. The summed E-state index contributed by atoms with van der Waals surface area (Å²) in [7, 11) is 0. The van der Waals surface area contributed by atoms with Crippen LogP contribution in [0.3, 0.4) is 0 Å². The summed E-state index contributed by atoms with van der Waals surface area (Å²) in [6.07, 6.45) is 0.862. The highest BCUT2D eigenvalue weighted by Crippen LogP contribution is 2.20. The summed E-state index contributed by atoms with van der Waals surface area (Å²) < 4.78 is 5.45. The number of benzene rings is 2. The lowest BCUT2D eigenvalue weighted by atomic mass is 10.2. The van der Waals surface area contributed by atoms with Crippen LogP contribution >= 0.6 is 23.5 Å². The first-order chi connectivity index (χ1) is 11.2. The number of hydrogen-bond donors (Lipinski definition) is 1. The average molecular weight is 346 g/mol. The Bertz CT molecular complexity index is 830. The maximum atomic E-state index is 11.0. The van der Waals surface area contributed by atoms with E-state index in [0.717, 1.165) is 39.6 Å². The van der Waals surface area contributed by atoms with E-state index < -0.39 is 0 Å². The largest absolute Gasteiger partial charge is 0.327 e. The van der Waals surface area contributed by atoms with E-state index in [-0.39, 0.29) is 0 Å². The van der Waals surface area contributed by atoms with Crippen LogP contribution in [0.1, 0.15) is 23.1 Å². The predicted molar refractivity (Wildman–Crippen MR) is 94.9 cm³/mol. The number of nitrogens with zero attached hydrogens (tertiary/aromatic N) is 2. The van der Waals surface area contributed by atoms with Crippen LogP contribution in [0.25, 0.3) is 11.0 Å². The van der Waals surface area contributed by atoms with Crippen molar-refractivity contribution in [2.24, 2.45) is 0 Å². The van der Waals surface area contributed by atoms with E-state index in [1.165, 1.54) is 0 Å². The van der Waals surface area contributed by atoms with Gasteiger partial charge in [0, 0.05) is 22.0 Å². The number of halogens is 1. The van der Waals surface area contributed by atoms with E-state index in [4.69, 9.17) is 11.6 Å². The van der Waals surface area contributed by atoms with Crippen LogP contribution in [0.5, 0.6) is 0 Å². The smallest absolute Gasteiger partial charge is 0.150 e. The molecule has 0 spiro atoms. The van der Waals surface area contributed by atoms with Gasteiger partial charge in [-0.25, -0.2) is 4.98 Å². The summed E-state index contributed by atoms with van der Waals surface area (Å²) in [6, 6.07) is 13.2. The second-order valence-corrected chi connectivity index (χ2v) is 6.42. The summed E-state index contributed by atoms with van der Waals surface area (Å²) in [5.74, 6) is 0.951. The molecule has 1 heterocycles. The highest BCUT2D eigenvalue weighted by molar-refractivity contribution is 7.97. The van der Waals surface area contributed by atoms with Crippen LogP contribution in [0.2, 0.25) is 5.02 Å². The average Bonchev–Trinajstić information content (AvgIpc) is 2.93. The Hall–Kier alpha value is -1.82. The molecule has 0 fully saturated rings. The molecule has 0 aliphatic carbocycles. The Morgan fingerprint density at radius 1 is 1.26 bits per heavy atom. The molecule has 1 aromatic heterocycles. The van der Waals surface area contributed by atoms with E-state index in [1.807, 2.05) is 36.4 Å². The lowest BCUT2D eigenvalue weighted by Gasteiger charge is -2.07.